The Morgan fingerprint density at radius 1 is 1.11 bits per heavy atom. The van der Waals surface area contributed by atoms with Crippen LogP contribution < -0.4 is 15.0 Å². The summed E-state index contributed by atoms with van der Waals surface area (Å²) in [7, 11) is 1.64. The first-order chi connectivity index (χ1) is 17.0. The van der Waals surface area contributed by atoms with Gasteiger partial charge in [-0.1, -0.05) is 23.9 Å². The predicted molar refractivity (Wildman–Crippen MR) is 141 cm³/mol. The Kier molecular flexibility index (Phi) is 8.65. The van der Waals surface area contributed by atoms with E-state index in [4.69, 9.17) is 4.74 Å². The number of methoxy groups -OCH3 is 1. The molecule has 3 aromatic rings. The van der Waals surface area contributed by atoms with Crippen molar-refractivity contribution in [3.05, 3.63) is 60.4 Å². The molecule has 1 N–H and O–H groups in total. The summed E-state index contributed by atoms with van der Waals surface area (Å²) in [6.07, 6.45) is 2.59. The van der Waals surface area contributed by atoms with Crippen LogP contribution in [0.15, 0.2) is 60.0 Å². The molecule has 1 unspecified atom stereocenters. The van der Waals surface area contributed by atoms with Crippen molar-refractivity contribution in [1.82, 2.24) is 25.0 Å². The van der Waals surface area contributed by atoms with Gasteiger partial charge in [-0.2, -0.15) is 0 Å². The smallest absolute Gasteiger partial charge is 0.230 e. The van der Waals surface area contributed by atoms with E-state index in [0.717, 1.165) is 50.6 Å². The lowest BCUT2D eigenvalue weighted by Crippen LogP contribution is -2.47. The van der Waals surface area contributed by atoms with Gasteiger partial charge in [0.25, 0.3) is 0 Å². The average Bonchev–Trinajstić information content (AvgIpc) is 3.35. The van der Waals surface area contributed by atoms with Gasteiger partial charge in [-0.05, 0) is 62.2 Å². The van der Waals surface area contributed by atoms with E-state index in [2.05, 4.69) is 63.4 Å². The second-order valence-electron chi connectivity index (χ2n) is 8.90. The molecule has 0 spiro atoms. The molecule has 0 radical (unpaired) electrons. The van der Waals surface area contributed by atoms with Gasteiger partial charge < -0.3 is 15.0 Å². The molecule has 1 fully saturated rings. The Bertz CT molecular complexity index is 1100. The van der Waals surface area contributed by atoms with Crippen molar-refractivity contribution in [2.24, 2.45) is 0 Å². The number of piperazine rings is 1. The molecular formula is C26H34N6O2S. The van der Waals surface area contributed by atoms with Gasteiger partial charge in [0.05, 0.1) is 12.9 Å². The topological polar surface area (TPSA) is 75.5 Å². The number of hydrogen-bond acceptors (Lipinski definition) is 7. The molecule has 1 aromatic heterocycles. The van der Waals surface area contributed by atoms with Crippen molar-refractivity contribution in [1.29, 1.82) is 0 Å². The molecule has 0 aliphatic carbocycles. The number of nitrogens with zero attached hydrogens (tertiary/aromatic N) is 5. The van der Waals surface area contributed by atoms with Crippen LogP contribution in [0.2, 0.25) is 0 Å². The first-order valence-corrected chi connectivity index (χ1v) is 13.0. The third-order valence-corrected chi connectivity index (χ3v) is 7.17. The summed E-state index contributed by atoms with van der Waals surface area (Å²) in [5.74, 6) is 1.10. The molecule has 1 aliphatic rings. The first-order valence-electron chi connectivity index (χ1n) is 12.0. The third-order valence-electron chi connectivity index (χ3n) is 6.22. The number of nitrogens with one attached hydrogen (secondary N) is 1. The Labute approximate surface area is 211 Å². The Hall–Kier alpha value is -3.04. The highest BCUT2D eigenvalue weighted by molar-refractivity contribution is 7.99. The van der Waals surface area contributed by atoms with E-state index in [1.807, 2.05) is 28.8 Å². The molecule has 0 saturated carbocycles. The van der Waals surface area contributed by atoms with E-state index in [9.17, 15) is 4.79 Å². The summed E-state index contributed by atoms with van der Waals surface area (Å²) in [4.78, 5) is 17.5. The highest BCUT2D eigenvalue weighted by Gasteiger charge is 2.18. The number of anilines is 1. The predicted octanol–water partition coefficient (Wildman–Crippen LogP) is 3.39. The highest BCUT2D eigenvalue weighted by Crippen LogP contribution is 2.21. The first kappa shape index (κ1) is 25.1. The van der Waals surface area contributed by atoms with Crippen LogP contribution >= 0.6 is 11.8 Å². The minimum atomic E-state index is 0.0102. The Balaban J connectivity index is 1.17. The highest BCUT2D eigenvalue weighted by atomic mass is 32.2. The number of rotatable bonds is 10. The number of carbonyl (C=O) groups is 1. The van der Waals surface area contributed by atoms with Crippen molar-refractivity contribution < 1.29 is 9.53 Å². The monoisotopic (exact) mass is 494 g/mol. The summed E-state index contributed by atoms with van der Waals surface area (Å²) >= 11 is 1.38. The average molecular weight is 495 g/mol. The van der Waals surface area contributed by atoms with Gasteiger partial charge in [0, 0.05) is 50.1 Å². The van der Waals surface area contributed by atoms with E-state index in [0.29, 0.717) is 10.9 Å². The largest absolute Gasteiger partial charge is 0.497 e. The molecule has 35 heavy (non-hydrogen) atoms. The second kappa shape index (κ2) is 12.1. The van der Waals surface area contributed by atoms with Crippen LogP contribution in [0, 0.1) is 6.92 Å². The standard InChI is InChI=1S/C26H34N6O2S/c1-20-5-4-6-23(17-20)31-15-13-30(14-16-31)12-11-21(2)28-25(33)18-35-26-29-27-19-32(26)22-7-9-24(34-3)10-8-22/h4-10,17,19,21H,11-16,18H2,1-3H3,(H,28,33). The molecule has 8 nitrogen and oxygen atoms in total. The summed E-state index contributed by atoms with van der Waals surface area (Å²) in [5.41, 5.74) is 3.54. The van der Waals surface area contributed by atoms with Crippen LogP contribution in [0.5, 0.6) is 5.75 Å². The molecule has 1 aliphatic heterocycles. The Morgan fingerprint density at radius 3 is 2.60 bits per heavy atom. The van der Waals surface area contributed by atoms with E-state index >= 15 is 0 Å². The number of thioether (sulfide) groups is 1. The molecule has 2 heterocycles. The van der Waals surface area contributed by atoms with Crippen molar-refractivity contribution >= 4 is 23.4 Å². The maximum atomic E-state index is 12.5. The van der Waals surface area contributed by atoms with Gasteiger partial charge >= 0.3 is 0 Å². The number of carbonyl (C=O) groups excluding carboxylic acids is 1. The summed E-state index contributed by atoms with van der Waals surface area (Å²) < 4.78 is 7.09. The summed E-state index contributed by atoms with van der Waals surface area (Å²) in [5, 5.41) is 12.0. The van der Waals surface area contributed by atoms with Crippen LogP contribution in [0.1, 0.15) is 18.9 Å². The third kappa shape index (κ3) is 6.99. The number of hydrogen-bond donors (Lipinski definition) is 1. The number of benzene rings is 2. The zero-order valence-corrected chi connectivity index (χ0v) is 21.5. The molecule has 9 heteroatoms. The maximum absolute atomic E-state index is 12.5. The quantitative estimate of drug-likeness (QED) is 0.433. The molecule has 0 bridgehead atoms. The fraction of sp³-hybridized carbons (Fsp3) is 0.423. The molecule has 1 saturated heterocycles. The normalized spacial score (nSPS) is 15.1. The zero-order valence-electron chi connectivity index (χ0n) is 20.7. The fourth-order valence-corrected chi connectivity index (χ4v) is 4.93. The zero-order chi connectivity index (χ0) is 24.6. The van der Waals surface area contributed by atoms with Crippen LogP contribution in [0.4, 0.5) is 5.69 Å². The van der Waals surface area contributed by atoms with Crippen LogP contribution in [0.25, 0.3) is 5.69 Å². The lowest BCUT2D eigenvalue weighted by molar-refractivity contribution is -0.119. The van der Waals surface area contributed by atoms with Gasteiger partial charge in [0.1, 0.15) is 12.1 Å². The summed E-state index contributed by atoms with van der Waals surface area (Å²) in [6, 6.07) is 16.5. The van der Waals surface area contributed by atoms with Crippen molar-refractivity contribution in [3.8, 4) is 11.4 Å². The van der Waals surface area contributed by atoms with Crippen molar-refractivity contribution in [3.63, 3.8) is 0 Å². The maximum Gasteiger partial charge on any atom is 0.230 e. The number of amides is 1. The lowest BCUT2D eigenvalue weighted by Gasteiger charge is -2.36. The molecule has 186 valence electrons. The minimum Gasteiger partial charge on any atom is -0.497 e. The number of ether oxygens (including phenoxy) is 1. The Morgan fingerprint density at radius 2 is 1.89 bits per heavy atom. The van der Waals surface area contributed by atoms with E-state index in [1.165, 1.54) is 23.0 Å². The number of aryl methyl sites for hydroxylation is 1. The molecule has 1 atom stereocenters. The van der Waals surface area contributed by atoms with Crippen LogP contribution in [-0.4, -0.2) is 77.2 Å². The number of aromatic nitrogens is 3. The van der Waals surface area contributed by atoms with Crippen LogP contribution in [-0.2, 0) is 4.79 Å². The van der Waals surface area contributed by atoms with Crippen molar-refractivity contribution in [2.45, 2.75) is 31.5 Å². The van der Waals surface area contributed by atoms with Gasteiger partial charge in [-0.3, -0.25) is 14.3 Å². The molecule has 1 amide bonds. The summed E-state index contributed by atoms with van der Waals surface area (Å²) in [6.45, 7) is 9.37. The van der Waals surface area contributed by atoms with Crippen LogP contribution in [0.3, 0.4) is 0 Å². The van der Waals surface area contributed by atoms with E-state index < -0.39 is 0 Å². The fourth-order valence-electron chi connectivity index (χ4n) is 4.19. The minimum absolute atomic E-state index is 0.0102. The van der Waals surface area contributed by atoms with Gasteiger partial charge in [-0.25, -0.2) is 0 Å². The lowest BCUT2D eigenvalue weighted by atomic mass is 10.1. The SMILES string of the molecule is COc1ccc(-n2cnnc2SCC(=O)NC(C)CCN2CCN(c3cccc(C)c3)CC2)cc1. The van der Waals surface area contributed by atoms with Gasteiger partial charge in [0.15, 0.2) is 5.16 Å². The molecular weight excluding hydrogens is 460 g/mol. The molecule has 2 aromatic carbocycles. The van der Waals surface area contributed by atoms with E-state index in [-0.39, 0.29) is 11.9 Å². The second-order valence-corrected chi connectivity index (χ2v) is 9.84. The van der Waals surface area contributed by atoms with Crippen molar-refractivity contribution in [2.75, 3.05) is 50.5 Å². The molecule has 4 rings (SSSR count). The van der Waals surface area contributed by atoms with Gasteiger partial charge in [-0.15, -0.1) is 10.2 Å². The van der Waals surface area contributed by atoms with Gasteiger partial charge in [0.2, 0.25) is 5.91 Å². The van der Waals surface area contributed by atoms with E-state index in [1.54, 1.807) is 13.4 Å².